The number of halogens is 2. The maximum atomic E-state index is 13.4. The van der Waals surface area contributed by atoms with Gasteiger partial charge in [-0.1, -0.05) is 6.92 Å². The molecule has 0 radical (unpaired) electrons. The Morgan fingerprint density at radius 3 is 2.79 bits per heavy atom. The van der Waals surface area contributed by atoms with Crippen LogP contribution in [0.2, 0.25) is 0 Å². The molecule has 100 valence electrons. The van der Waals surface area contributed by atoms with E-state index in [1.54, 1.807) is 18.3 Å². The maximum absolute atomic E-state index is 13.4. The van der Waals surface area contributed by atoms with E-state index in [1.165, 1.54) is 13.2 Å². The Hall–Kier alpha value is -1.68. The van der Waals surface area contributed by atoms with Gasteiger partial charge in [-0.3, -0.25) is 0 Å². The molecule has 0 fully saturated rings. The maximum Gasteiger partial charge on any atom is 0.165 e. The van der Waals surface area contributed by atoms with Gasteiger partial charge in [0.15, 0.2) is 17.4 Å². The fraction of sp³-hybridized carbons (Fsp3) is 0.286. The van der Waals surface area contributed by atoms with E-state index < -0.39 is 5.82 Å². The van der Waals surface area contributed by atoms with Gasteiger partial charge in [0, 0.05) is 23.0 Å². The van der Waals surface area contributed by atoms with Crippen molar-refractivity contribution in [3.8, 4) is 17.1 Å². The predicted molar refractivity (Wildman–Crippen MR) is 72.9 cm³/mol. The van der Waals surface area contributed by atoms with Gasteiger partial charge >= 0.3 is 0 Å². The average molecular weight is 281 g/mol. The van der Waals surface area contributed by atoms with Crippen molar-refractivity contribution in [2.75, 3.05) is 7.11 Å². The van der Waals surface area contributed by atoms with Gasteiger partial charge in [-0.05, 0) is 24.6 Å². The zero-order valence-corrected chi connectivity index (χ0v) is 11.5. The highest BCUT2D eigenvalue weighted by Gasteiger charge is 2.10. The quantitative estimate of drug-likeness (QED) is 0.803. The zero-order valence-electron chi connectivity index (χ0n) is 10.8. The van der Waals surface area contributed by atoms with Crippen LogP contribution in [0.25, 0.3) is 11.4 Å². The van der Waals surface area contributed by atoms with Crippen LogP contribution >= 0.6 is 11.6 Å². The van der Waals surface area contributed by atoms with E-state index in [4.69, 9.17) is 16.3 Å². The van der Waals surface area contributed by atoms with Gasteiger partial charge in [0.2, 0.25) is 0 Å². The summed E-state index contributed by atoms with van der Waals surface area (Å²) in [6, 6.07) is 4.57. The lowest BCUT2D eigenvalue weighted by atomic mass is 10.1. The first-order valence-corrected chi connectivity index (χ1v) is 6.47. The number of aromatic nitrogens is 2. The molecule has 0 saturated heterocycles. The van der Waals surface area contributed by atoms with Crippen molar-refractivity contribution in [2.24, 2.45) is 0 Å². The number of methoxy groups -OCH3 is 1. The fourth-order valence-electron chi connectivity index (χ4n) is 1.80. The van der Waals surface area contributed by atoms with Crippen LogP contribution < -0.4 is 4.74 Å². The Labute approximate surface area is 116 Å². The summed E-state index contributed by atoms with van der Waals surface area (Å²) in [6.45, 7) is 2.01. The molecular weight excluding hydrogens is 267 g/mol. The second-order valence-electron chi connectivity index (χ2n) is 4.00. The molecule has 0 N–H and O–H groups in total. The number of ether oxygens (including phenoxy) is 1. The number of nitrogens with zero attached hydrogens (tertiary/aromatic N) is 2. The van der Waals surface area contributed by atoms with Gasteiger partial charge in [0.05, 0.1) is 13.0 Å². The van der Waals surface area contributed by atoms with Gasteiger partial charge in [0.1, 0.15) is 0 Å². The summed E-state index contributed by atoms with van der Waals surface area (Å²) in [6.07, 6.45) is 2.49. The summed E-state index contributed by atoms with van der Waals surface area (Å²) in [5.74, 6) is 0.708. The molecule has 0 atom stereocenters. The second-order valence-corrected chi connectivity index (χ2v) is 4.27. The van der Waals surface area contributed by atoms with Crippen molar-refractivity contribution in [3.05, 3.63) is 41.5 Å². The van der Waals surface area contributed by atoms with Crippen LogP contribution in [-0.4, -0.2) is 17.1 Å². The standard InChI is InChI=1S/C14H14ClFN2O/c1-3-12-10(7-15)8-17-14(18-12)9-4-5-11(16)13(6-9)19-2/h4-6,8H,3,7H2,1-2H3. The largest absolute Gasteiger partial charge is 0.494 e. The molecule has 0 aliphatic heterocycles. The Balaban J connectivity index is 2.47. The molecule has 5 heteroatoms. The molecule has 0 amide bonds. The van der Waals surface area contributed by atoms with Gasteiger partial charge < -0.3 is 4.74 Å². The van der Waals surface area contributed by atoms with E-state index in [0.29, 0.717) is 17.3 Å². The molecule has 0 aliphatic rings. The van der Waals surface area contributed by atoms with Crippen LogP contribution in [0, 0.1) is 5.82 Å². The van der Waals surface area contributed by atoms with E-state index in [-0.39, 0.29) is 5.75 Å². The highest BCUT2D eigenvalue weighted by molar-refractivity contribution is 6.17. The Bertz CT molecular complexity index is 590. The predicted octanol–water partition coefficient (Wildman–Crippen LogP) is 3.59. The summed E-state index contributed by atoms with van der Waals surface area (Å²) in [5, 5.41) is 0. The Morgan fingerprint density at radius 2 is 2.16 bits per heavy atom. The van der Waals surface area contributed by atoms with Crippen molar-refractivity contribution < 1.29 is 9.13 Å². The van der Waals surface area contributed by atoms with E-state index in [0.717, 1.165) is 17.7 Å². The van der Waals surface area contributed by atoms with Crippen molar-refractivity contribution in [1.82, 2.24) is 9.97 Å². The van der Waals surface area contributed by atoms with Crippen LogP contribution in [0.3, 0.4) is 0 Å². The van der Waals surface area contributed by atoms with Gasteiger partial charge in [-0.2, -0.15) is 0 Å². The molecule has 0 bridgehead atoms. The van der Waals surface area contributed by atoms with Crippen molar-refractivity contribution in [1.29, 1.82) is 0 Å². The lowest BCUT2D eigenvalue weighted by molar-refractivity contribution is 0.386. The minimum atomic E-state index is -0.403. The Morgan fingerprint density at radius 1 is 1.37 bits per heavy atom. The summed E-state index contributed by atoms with van der Waals surface area (Å²) in [4.78, 5) is 8.72. The molecule has 0 spiro atoms. The van der Waals surface area contributed by atoms with Crippen LogP contribution in [0.4, 0.5) is 4.39 Å². The fourth-order valence-corrected chi connectivity index (χ4v) is 2.02. The number of rotatable bonds is 4. The number of alkyl halides is 1. The zero-order chi connectivity index (χ0) is 13.8. The van der Waals surface area contributed by atoms with E-state index in [9.17, 15) is 4.39 Å². The monoisotopic (exact) mass is 280 g/mol. The van der Waals surface area contributed by atoms with E-state index in [2.05, 4.69) is 9.97 Å². The molecule has 0 aliphatic carbocycles. The van der Waals surface area contributed by atoms with E-state index in [1.807, 2.05) is 6.92 Å². The molecule has 19 heavy (non-hydrogen) atoms. The summed E-state index contributed by atoms with van der Waals surface area (Å²) >= 11 is 5.83. The second kappa shape index (κ2) is 5.97. The number of hydrogen-bond donors (Lipinski definition) is 0. The van der Waals surface area contributed by atoms with Gasteiger partial charge in [-0.25, -0.2) is 14.4 Å². The minimum absolute atomic E-state index is 0.181. The van der Waals surface area contributed by atoms with Gasteiger partial charge in [-0.15, -0.1) is 11.6 Å². The number of hydrogen-bond acceptors (Lipinski definition) is 3. The van der Waals surface area contributed by atoms with Crippen molar-refractivity contribution in [3.63, 3.8) is 0 Å². The molecule has 1 aromatic carbocycles. The molecule has 0 unspecified atom stereocenters. The molecule has 2 rings (SSSR count). The SMILES string of the molecule is CCc1nc(-c2ccc(F)c(OC)c2)ncc1CCl. The number of benzene rings is 1. The third-order valence-electron chi connectivity index (χ3n) is 2.84. The molecule has 2 aromatic rings. The average Bonchev–Trinajstić information content (AvgIpc) is 2.47. The lowest BCUT2D eigenvalue weighted by Crippen LogP contribution is -2.00. The summed E-state index contributed by atoms with van der Waals surface area (Å²) in [7, 11) is 1.43. The van der Waals surface area contributed by atoms with Gasteiger partial charge in [0.25, 0.3) is 0 Å². The van der Waals surface area contributed by atoms with Crippen molar-refractivity contribution >= 4 is 11.6 Å². The third kappa shape index (κ3) is 2.84. The third-order valence-corrected chi connectivity index (χ3v) is 3.13. The lowest BCUT2D eigenvalue weighted by Gasteiger charge is -2.08. The first-order valence-electron chi connectivity index (χ1n) is 5.94. The van der Waals surface area contributed by atoms with Crippen LogP contribution in [-0.2, 0) is 12.3 Å². The van der Waals surface area contributed by atoms with Crippen LogP contribution in [0.1, 0.15) is 18.2 Å². The topological polar surface area (TPSA) is 35.0 Å². The molecule has 1 aromatic heterocycles. The molecule has 3 nitrogen and oxygen atoms in total. The molecule has 1 heterocycles. The minimum Gasteiger partial charge on any atom is -0.494 e. The van der Waals surface area contributed by atoms with Crippen molar-refractivity contribution in [2.45, 2.75) is 19.2 Å². The highest BCUT2D eigenvalue weighted by atomic mass is 35.5. The summed E-state index contributed by atoms with van der Waals surface area (Å²) < 4.78 is 18.3. The van der Waals surface area contributed by atoms with Crippen LogP contribution in [0.15, 0.2) is 24.4 Å². The molecule has 0 saturated carbocycles. The highest BCUT2D eigenvalue weighted by Crippen LogP contribution is 2.24. The first-order chi connectivity index (χ1) is 9.19. The molecular formula is C14H14ClFN2O. The van der Waals surface area contributed by atoms with Crippen LogP contribution in [0.5, 0.6) is 5.75 Å². The number of aryl methyl sites for hydroxylation is 1. The normalized spacial score (nSPS) is 10.5. The van der Waals surface area contributed by atoms with E-state index >= 15 is 0 Å². The summed E-state index contributed by atoms with van der Waals surface area (Å²) in [5.41, 5.74) is 2.54. The first kappa shape index (κ1) is 13.7. The smallest absolute Gasteiger partial charge is 0.165 e. The Kier molecular flexibility index (Phi) is 4.32.